The number of ether oxygens (including phenoxy) is 4. The van der Waals surface area contributed by atoms with Gasteiger partial charge in [-0.2, -0.15) is 0 Å². The molecule has 2 aromatic carbocycles. The first-order chi connectivity index (χ1) is 28.2. The average molecular weight is 812 g/mol. The Hall–Kier alpha value is -4.43. The van der Waals surface area contributed by atoms with E-state index < -0.39 is 57.5 Å². The zero-order valence-corrected chi connectivity index (χ0v) is 35.4. The van der Waals surface area contributed by atoms with Crippen LogP contribution < -0.4 is 14.5 Å². The first-order valence-corrected chi connectivity index (χ1v) is 21.3. The first kappa shape index (κ1) is 40.0. The van der Waals surface area contributed by atoms with Gasteiger partial charge in [-0.1, -0.05) is 44.2 Å². The monoisotopic (exact) mass is 811 g/mol. The zero-order chi connectivity index (χ0) is 41.9. The molecule has 1 saturated carbocycles. The minimum Gasteiger partial charge on any atom is -0.496 e. The van der Waals surface area contributed by atoms with Gasteiger partial charge in [0, 0.05) is 83.6 Å². The van der Waals surface area contributed by atoms with Crippen molar-refractivity contribution in [1.29, 1.82) is 0 Å². The number of esters is 3. The lowest BCUT2D eigenvalue weighted by molar-refractivity contribution is -0.916. The molecule has 4 N–H and O–H groups in total. The quantitative estimate of drug-likeness (QED) is 0.158. The molecule has 13 nitrogen and oxygen atoms in total. The number of aliphatic hydroxyl groups is 2. The molecular formula is C46H59N4O9+. The number of carbonyl (C=O) groups excluding carboxylic acids is 3. The fraction of sp³-hybridized carbons (Fsp3) is 0.587. The van der Waals surface area contributed by atoms with E-state index in [9.17, 15) is 19.8 Å². The summed E-state index contributed by atoms with van der Waals surface area (Å²) in [6, 6.07) is 11.0. The van der Waals surface area contributed by atoms with Crippen molar-refractivity contribution in [2.24, 2.45) is 11.3 Å². The molecule has 0 amide bonds. The average Bonchev–Trinajstić information content (AvgIpc) is 3.90. The number of aromatic amines is 1. The smallest absolute Gasteiger partial charge is 0.344 e. The van der Waals surface area contributed by atoms with Gasteiger partial charge in [0.2, 0.25) is 5.60 Å². The number of aromatic nitrogens is 1. The first-order valence-electron chi connectivity index (χ1n) is 21.3. The van der Waals surface area contributed by atoms with Gasteiger partial charge >= 0.3 is 17.9 Å². The van der Waals surface area contributed by atoms with Crippen molar-refractivity contribution in [2.45, 2.75) is 99.5 Å². The molecule has 10 atom stereocenters. The summed E-state index contributed by atoms with van der Waals surface area (Å²) < 4.78 is 24.0. The van der Waals surface area contributed by atoms with Gasteiger partial charge in [0.15, 0.2) is 6.10 Å². The number of hydrogen-bond acceptors (Lipinski definition) is 11. The Morgan fingerprint density at radius 1 is 0.983 bits per heavy atom. The van der Waals surface area contributed by atoms with Gasteiger partial charge < -0.3 is 43.9 Å². The van der Waals surface area contributed by atoms with Crippen molar-refractivity contribution < 1.29 is 48.4 Å². The summed E-state index contributed by atoms with van der Waals surface area (Å²) in [6.07, 6.45) is 6.06. The number of carbonyl (C=O) groups is 3. The van der Waals surface area contributed by atoms with Crippen LogP contribution in [0.25, 0.3) is 10.9 Å². The highest BCUT2D eigenvalue weighted by molar-refractivity contribution is 5.95. The molecular weight excluding hydrogens is 753 g/mol. The van der Waals surface area contributed by atoms with E-state index in [-0.39, 0.29) is 12.0 Å². The molecule has 316 valence electrons. The summed E-state index contributed by atoms with van der Waals surface area (Å²) in [7, 11) is 6.17. The highest BCUT2D eigenvalue weighted by Gasteiger charge is 2.80. The number of anilines is 1. The molecule has 3 fully saturated rings. The van der Waals surface area contributed by atoms with E-state index in [0.29, 0.717) is 69.5 Å². The van der Waals surface area contributed by atoms with Crippen LogP contribution in [0.2, 0.25) is 0 Å². The molecule has 3 aromatic rings. The van der Waals surface area contributed by atoms with E-state index in [1.54, 1.807) is 7.11 Å². The summed E-state index contributed by atoms with van der Waals surface area (Å²) in [4.78, 5) is 52.2. The van der Waals surface area contributed by atoms with E-state index in [1.807, 2.05) is 50.1 Å². The maximum absolute atomic E-state index is 15.3. The molecule has 10 unspecified atom stereocenters. The predicted octanol–water partition coefficient (Wildman–Crippen LogP) is 2.57. The van der Waals surface area contributed by atoms with Crippen LogP contribution in [-0.4, -0.2) is 128 Å². The second-order valence-corrected chi connectivity index (χ2v) is 18.3. The number of quaternary nitrogens is 1. The van der Waals surface area contributed by atoms with Gasteiger partial charge in [-0.15, -0.1) is 0 Å². The van der Waals surface area contributed by atoms with Crippen molar-refractivity contribution in [1.82, 2.24) is 9.88 Å². The number of rotatable bonds is 7. The molecule has 6 aliphatic rings. The Kier molecular flexibility index (Phi) is 9.36. The third kappa shape index (κ3) is 5.20. The van der Waals surface area contributed by atoms with Crippen LogP contribution in [0.5, 0.6) is 5.75 Å². The molecule has 1 spiro atoms. The number of nitrogens with zero attached hydrogens (tertiary/aromatic N) is 2. The van der Waals surface area contributed by atoms with Crippen molar-refractivity contribution in [2.75, 3.05) is 66.0 Å². The molecule has 13 heteroatoms. The van der Waals surface area contributed by atoms with Crippen LogP contribution in [0, 0.1) is 11.3 Å². The lowest BCUT2D eigenvalue weighted by atomic mass is 9.47. The van der Waals surface area contributed by atoms with Crippen molar-refractivity contribution in [3.05, 3.63) is 70.9 Å². The zero-order valence-electron chi connectivity index (χ0n) is 35.4. The molecule has 6 heterocycles. The van der Waals surface area contributed by atoms with Crippen LogP contribution in [0.1, 0.15) is 75.3 Å². The predicted molar refractivity (Wildman–Crippen MR) is 220 cm³/mol. The van der Waals surface area contributed by atoms with Crippen molar-refractivity contribution >= 4 is 34.5 Å². The third-order valence-corrected chi connectivity index (χ3v) is 15.8. The molecule has 1 aromatic heterocycles. The number of H-pyrrole nitrogens is 1. The summed E-state index contributed by atoms with van der Waals surface area (Å²) in [5.74, 6) is -1.51. The Balaban J connectivity index is 1.36. The fourth-order valence-corrected chi connectivity index (χ4v) is 13.7. The second kappa shape index (κ2) is 13.8. The van der Waals surface area contributed by atoms with Crippen LogP contribution in [0.3, 0.4) is 0 Å². The molecule has 2 bridgehead atoms. The van der Waals surface area contributed by atoms with E-state index >= 15 is 4.79 Å². The summed E-state index contributed by atoms with van der Waals surface area (Å²) in [5.41, 5.74) is -1.50. The number of piperidine rings is 1. The Labute approximate surface area is 345 Å². The molecule has 9 rings (SSSR count). The maximum atomic E-state index is 15.3. The Morgan fingerprint density at radius 3 is 2.44 bits per heavy atom. The Bertz CT molecular complexity index is 2260. The number of nitrogens with one attached hydrogen (secondary N) is 2. The fourth-order valence-electron chi connectivity index (χ4n) is 13.7. The van der Waals surface area contributed by atoms with Gasteiger partial charge in [0.05, 0.1) is 40.5 Å². The molecule has 2 saturated heterocycles. The largest absolute Gasteiger partial charge is 0.496 e. The normalized spacial score (nSPS) is 37.0. The standard InChI is InChI=1S/C46H58N4O9/c1-8-42(54)23-28-24-45(40(52)57-6,36-30(15-19-49(25-28)26-42)29-13-10-11-14-33(29)47-36)32-21-31-34(22-35(32)56-5)48(4)38-44(31)17-20-50-18-12-16-43(9-2,37(44)50)39(59-27(3)51)46(38,55)41(53)58-7/h10-14,16,21-22,28,37-39,47,54-55H,8-9,15,17-20,23-26H2,1-7H3/p+1. The van der Waals surface area contributed by atoms with E-state index in [4.69, 9.17) is 18.9 Å². The van der Waals surface area contributed by atoms with Crippen LogP contribution in [0.4, 0.5) is 5.69 Å². The van der Waals surface area contributed by atoms with Crippen LogP contribution in [-0.2, 0) is 45.8 Å². The number of para-hydroxylation sites is 1. The highest BCUT2D eigenvalue weighted by atomic mass is 16.6. The minimum absolute atomic E-state index is 0.0616. The minimum atomic E-state index is -2.30. The van der Waals surface area contributed by atoms with Crippen molar-refractivity contribution in [3.8, 4) is 5.75 Å². The van der Waals surface area contributed by atoms with Crippen molar-refractivity contribution in [3.63, 3.8) is 0 Å². The molecule has 0 radical (unpaired) electrons. The van der Waals surface area contributed by atoms with E-state index in [0.717, 1.165) is 46.5 Å². The van der Waals surface area contributed by atoms with Gasteiger partial charge in [-0.25, -0.2) is 4.79 Å². The molecule has 59 heavy (non-hydrogen) atoms. The second-order valence-electron chi connectivity index (χ2n) is 18.3. The lowest BCUT2D eigenvalue weighted by Gasteiger charge is -2.63. The number of methoxy groups -OCH3 is 3. The third-order valence-electron chi connectivity index (χ3n) is 15.8. The highest BCUT2D eigenvalue weighted by Crippen LogP contribution is 2.68. The topological polar surface area (TPSA) is 155 Å². The number of fused-ring (bicyclic) bond motifs is 6. The molecule has 1 aliphatic carbocycles. The number of likely N-dealkylation sites (N-methyl/N-ethyl adjacent to an activating group) is 1. The number of benzene rings is 2. The summed E-state index contributed by atoms with van der Waals surface area (Å²) >= 11 is 0. The van der Waals surface area contributed by atoms with Gasteiger partial charge in [-0.3, -0.25) is 14.5 Å². The molecule has 5 aliphatic heterocycles. The van der Waals surface area contributed by atoms with E-state index in [1.165, 1.54) is 26.0 Å². The van der Waals surface area contributed by atoms with Gasteiger partial charge in [0.25, 0.3) is 0 Å². The summed E-state index contributed by atoms with van der Waals surface area (Å²) in [6.45, 7) is 8.90. The Morgan fingerprint density at radius 2 is 1.75 bits per heavy atom. The van der Waals surface area contributed by atoms with Gasteiger partial charge in [0.1, 0.15) is 23.3 Å². The summed E-state index contributed by atoms with van der Waals surface area (Å²) in [5, 5.41) is 26.4. The van der Waals surface area contributed by atoms with Gasteiger partial charge in [-0.05, 0) is 61.9 Å². The maximum Gasteiger partial charge on any atom is 0.344 e. The SMILES string of the molecule is CCC1(O)CC2C[NH+](CCc3c([nH]c4ccccc34)C(C(=O)OC)(c3cc4c(cc3OC)N(C)C3C(O)(C(=O)OC)C(OC(C)=O)C5(CC)C=CCN6CCC43C65)C2)C1. The number of hydrogen-bond donors (Lipinski definition) is 4. The lowest BCUT2D eigenvalue weighted by Crippen LogP contribution is -3.16. The van der Waals surface area contributed by atoms with Crippen LogP contribution >= 0.6 is 0 Å². The van der Waals surface area contributed by atoms with Crippen LogP contribution in [0.15, 0.2) is 48.6 Å². The van der Waals surface area contributed by atoms with E-state index in [2.05, 4.69) is 34.2 Å².